The molecule has 0 unspecified atom stereocenters. The average Bonchev–Trinajstić information content (AvgIpc) is 2.15. The van der Waals surface area contributed by atoms with Crippen LogP contribution >= 0.6 is 0 Å². The minimum absolute atomic E-state index is 0. The molecule has 0 spiro atoms. The molecule has 2 aliphatic carbocycles. The Morgan fingerprint density at radius 2 is 1.12 bits per heavy atom. The second-order valence-electron chi connectivity index (χ2n) is 4.09. The van der Waals surface area contributed by atoms with Gasteiger partial charge in [-0.3, -0.25) is 12.2 Å². The van der Waals surface area contributed by atoms with Gasteiger partial charge in [-0.05, 0) is 0 Å². The Bertz CT molecular complexity index is 203. The van der Waals surface area contributed by atoms with E-state index in [1.807, 2.05) is 12.2 Å². The minimum Gasteiger partial charge on any atom is -0.275 e. The second kappa shape index (κ2) is 13.7. The zero-order valence-corrected chi connectivity index (χ0v) is 12.2. The summed E-state index contributed by atoms with van der Waals surface area (Å²) in [4.78, 5) is 0. The summed E-state index contributed by atoms with van der Waals surface area (Å²) in [6.07, 6.45) is 29.0. The van der Waals surface area contributed by atoms with Crippen LogP contribution in [-0.4, -0.2) is 0 Å². The third kappa shape index (κ3) is 11.9. The summed E-state index contributed by atoms with van der Waals surface area (Å²) in [5.74, 6) is 0. The average molecular weight is 262 g/mol. The maximum Gasteiger partial charge on any atom is 2.00 e. The van der Waals surface area contributed by atoms with Crippen LogP contribution in [-0.2, 0) is 21.7 Å². The monoisotopic (exact) mass is 262 g/mol. The molecule has 2 rings (SSSR count). The molecule has 0 aromatic heterocycles. The molecular formula is C16H22Ti. The molecule has 2 aliphatic rings. The van der Waals surface area contributed by atoms with E-state index in [0.717, 1.165) is 12.8 Å². The van der Waals surface area contributed by atoms with Crippen molar-refractivity contribution in [1.29, 1.82) is 0 Å². The van der Waals surface area contributed by atoms with Gasteiger partial charge < -0.3 is 0 Å². The van der Waals surface area contributed by atoms with E-state index in [0.29, 0.717) is 0 Å². The molecule has 0 aromatic rings. The third-order valence-electron chi connectivity index (χ3n) is 2.58. The van der Waals surface area contributed by atoms with E-state index in [4.69, 9.17) is 0 Å². The van der Waals surface area contributed by atoms with Crippen LogP contribution in [0.15, 0.2) is 36.5 Å². The quantitative estimate of drug-likeness (QED) is 0.428. The predicted octanol–water partition coefficient (Wildman–Crippen LogP) is 4.95. The van der Waals surface area contributed by atoms with Gasteiger partial charge in [-0.2, -0.15) is 12.2 Å². The van der Waals surface area contributed by atoms with Gasteiger partial charge >= 0.3 is 21.7 Å². The summed E-state index contributed by atoms with van der Waals surface area (Å²) in [5.41, 5.74) is 0. The first-order valence-electron chi connectivity index (χ1n) is 6.43. The van der Waals surface area contributed by atoms with Crippen molar-refractivity contribution in [3.63, 3.8) is 0 Å². The van der Waals surface area contributed by atoms with Crippen molar-refractivity contribution >= 4 is 0 Å². The minimum atomic E-state index is 0. The Morgan fingerprint density at radius 3 is 1.59 bits per heavy atom. The van der Waals surface area contributed by atoms with E-state index in [1.54, 1.807) is 0 Å². The molecular weight excluding hydrogens is 240 g/mol. The molecule has 0 aliphatic heterocycles. The van der Waals surface area contributed by atoms with Gasteiger partial charge in [0.15, 0.2) is 0 Å². The van der Waals surface area contributed by atoms with Crippen molar-refractivity contribution in [3.8, 4) is 0 Å². The summed E-state index contributed by atoms with van der Waals surface area (Å²) >= 11 is 0. The van der Waals surface area contributed by atoms with Crippen molar-refractivity contribution in [1.82, 2.24) is 0 Å². The van der Waals surface area contributed by atoms with Crippen LogP contribution in [0.5, 0.6) is 0 Å². The van der Waals surface area contributed by atoms with Crippen LogP contribution in [0, 0.1) is 12.2 Å². The molecule has 0 saturated carbocycles. The molecule has 0 aromatic carbocycles. The zero-order valence-electron chi connectivity index (χ0n) is 10.6. The molecule has 0 atom stereocenters. The first-order valence-corrected chi connectivity index (χ1v) is 6.43. The summed E-state index contributed by atoms with van der Waals surface area (Å²) in [6.45, 7) is 0. The van der Waals surface area contributed by atoms with Gasteiger partial charge in [0.1, 0.15) is 0 Å². The Balaban J connectivity index is 0.000000284. The van der Waals surface area contributed by atoms with Gasteiger partial charge in [0.05, 0.1) is 0 Å². The van der Waals surface area contributed by atoms with Crippen molar-refractivity contribution in [3.05, 3.63) is 48.6 Å². The molecule has 0 N–H and O–H groups in total. The van der Waals surface area contributed by atoms with Crippen molar-refractivity contribution in [2.24, 2.45) is 0 Å². The van der Waals surface area contributed by atoms with Gasteiger partial charge in [0.2, 0.25) is 0 Å². The first-order chi connectivity index (χ1) is 8.00. The van der Waals surface area contributed by atoms with Crippen LogP contribution in [0.1, 0.15) is 51.4 Å². The molecule has 0 heterocycles. The second-order valence-corrected chi connectivity index (χ2v) is 4.09. The van der Waals surface area contributed by atoms with Gasteiger partial charge in [-0.25, -0.2) is 24.3 Å². The van der Waals surface area contributed by atoms with Crippen molar-refractivity contribution in [2.45, 2.75) is 51.4 Å². The molecule has 0 fully saturated rings. The molecule has 0 saturated heterocycles. The molecule has 0 bridgehead atoms. The van der Waals surface area contributed by atoms with Crippen LogP contribution < -0.4 is 0 Å². The van der Waals surface area contributed by atoms with Gasteiger partial charge in [0.25, 0.3) is 0 Å². The zero-order chi connectivity index (χ0) is 11.3. The fourth-order valence-electron chi connectivity index (χ4n) is 1.61. The maximum atomic E-state index is 3.18. The molecule has 0 radical (unpaired) electrons. The fraction of sp³-hybridized carbons (Fsp3) is 0.500. The van der Waals surface area contributed by atoms with Gasteiger partial charge in [-0.1, -0.05) is 38.5 Å². The van der Waals surface area contributed by atoms with Crippen LogP contribution in [0.4, 0.5) is 0 Å². The maximum absolute atomic E-state index is 3.18. The van der Waals surface area contributed by atoms with E-state index in [-0.39, 0.29) is 21.7 Å². The molecule has 1 heteroatoms. The molecule has 17 heavy (non-hydrogen) atoms. The summed E-state index contributed by atoms with van der Waals surface area (Å²) in [7, 11) is 0. The Kier molecular flexibility index (Phi) is 13.5. The van der Waals surface area contributed by atoms with Crippen LogP contribution in [0.2, 0.25) is 0 Å². The SMILES string of the molecule is [C-]1=CC=CCCCC1.[C-]1=CC=CCCCC1.[Ti+2]. The van der Waals surface area contributed by atoms with E-state index in [9.17, 15) is 0 Å². The first kappa shape index (κ1) is 16.7. The number of hydrogen-bond donors (Lipinski definition) is 0. The third-order valence-corrected chi connectivity index (χ3v) is 2.58. The fourth-order valence-corrected chi connectivity index (χ4v) is 1.61. The van der Waals surface area contributed by atoms with E-state index < -0.39 is 0 Å². The largest absolute Gasteiger partial charge is 2.00 e. The van der Waals surface area contributed by atoms with E-state index in [1.165, 1.54) is 38.5 Å². The Hall–Kier alpha value is -0.326. The Morgan fingerprint density at radius 1 is 0.647 bits per heavy atom. The van der Waals surface area contributed by atoms with E-state index in [2.05, 4.69) is 36.5 Å². The molecule has 90 valence electrons. The van der Waals surface area contributed by atoms with E-state index >= 15 is 0 Å². The normalized spacial score (nSPS) is 18.8. The van der Waals surface area contributed by atoms with Crippen LogP contribution in [0.25, 0.3) is 0 Å². The smallest absolute Gasteiger partial charge is 0.275 e. The van der Waals surface area contributed by atoms with Crippen molar-refractivity contribution in [2.75, 3.05) is 0 Å². The van der Waals surface area contributed by atoms with Gasteiger partial charge in [-0.15, -0.1) is 12.8 Å². The summed E-state index contributed by atoms with van der Waals surface area (Å²) in [5, 5.41) is 0. The number of rotatable bonds is 0. The Labute approximate surface area is 121 Å². The summed E-state index contributed by atoms with van der Waals surface area (Å²) < 4.78 is 0. The van der Waals surface area contributed by atoms with Crippen molar-refractivity contribution < 1.29 is 21.7 Å². The molecule has 0 nitrogen and oxygen atoms in total. The summed E-state index contributed by atoms with van der Waals surface area (Å²) in [6, 6.07) is 0. The topological polar surface area (TPSA) is 0 Å². The predicted molar refractivity (Wildman–Crippen MR) is 70.8 cm³/mol. The standard InChI is InChI=1S/2C8H11.Ti/c2*1-2-4-6-8-7-5-3-1;/h2*1-3H,4,6-8H2;/q2*-1;+2. The molecule has 0 amide bonds. The number of hydrogen-bond acceptors (Lipinski definition) is 0. The van der Waals surface area contributed by atoms with Crippen LogP contribution in [0.3, 0.4) is 0 Å². The number of allylic oxidation sites excluding steroid dienone is 8. The van der Waals surface area contributed by atoms with Gasteiger partial charge in [0, 0.05) is 0 Å².